The number of nitrogens with zero attached hydrogens (tertiary/aromatic N) is 3. The van der Waals surface area contributed by atoms with Crippen LogP contribution in [0.3, 0.4) is 0 Å². The Morgan fingerprint density at radius 1 is 0.846 bits per heavy atom. The Hall–Kier alpha value is -3.49. The fourth-order valence-electron chi connectivity index (χ4n) is 4.38. The van der Waals surface area contributed by atoms with Gasteiger partial charge in [0.2, 0.25) is 0 Å². The highest BCUT2D eigenvalue weighted by Gasteiger charge is 2.48. The third-order valence-corrected chi connectivity index (χ3v) is 6.44. The first-order chi connectivity index (χ1) is 19.2. The highest BCUT2D eigenvalue weighted by Crippen LogP contribution is 2.31. The van der Waals surface area contributed by atoms with Crippen molar-refractivity contribution in [2.45, 2.75) is 63.5 Å². The minimum Gasteiger partial charge on any atom is -0.374 e. The molecule has 8 nitrogen and oxygen atoms in total. The molecule has 0 aromatic heterocycles. The Balaban J connectivity index is 1.60. The van der Waals surface area contributed by atoms with Crippen LogP contribution in [0.1, 0.15) is 23.6 Å². The quantitative estimate of drug-likeness (QED) is 0.105. The lowest BCUT2D eigenvalue weighted by Gasteiger charge is -2.45. The number of ether oxygens (including phenoxy) is 5. The predicted octanol–water partition coefficient (Wildman–Crippen LogP) is 6.37. The summed E-state index contributed by atoms with van der Waals surface area (Å²) < 4.78 is 31.5. The fraction of sp³-hybridized carbons (Fsp3) is 0.355. The molecule has 1 fully saturated rings. The maximum atomic E-state index is 9.46. The van der Waals surface area contributed by atoms with E-state index in [9.17, 15) is 5.53 Å². The van der Waals surface area contributed by atoms with Crippen LogP contribution >= 0.6 is 0 Å². The molecule has 0 spiro atoms. The molecule has 3 aromatic carbocycles. The molecule has 1 aliphatic heterocycles. The van der Waals surface area contributed by atoms with Crippen molar-refractivity contribution < 1.29 is 23.7 Å². The lowest BCUT2D eigenvalue weighted by atomic mass is 9.96. The minimum atomic E-state index is -0.878. The zero-order chi connectivity index (χ0) is 27.3. The molecule has 0 N–H and O–H groups in total. The molecule has 1 saturated heterocycles. The first-order valence-corrected chi connectivity index (χ1v) is 13.1. The molecule has 0 bridgehead atoms. The molecule has 1 aliphatic rings. The molecule has 3 aromatic rings. The molecule has 39 heavy (non-hydrogen) atoms. The van der Waals surface area contributed by atoms with Gasteiger partial charge in [-0.1, -0.05) is 102 Å². The summed E-state index contributed by atoms with van der Waals surface area (Å²) in [5, 5.41) is 4.06. The zero-order valence-corrected chi connectivity index (χ0v) is 22.1. The molecule has 6 atom stereocenters. The summed E-state index contributed by atoms with van der Waals surface area (Å²) >= 11 is 0. The summed E-state index contributed by atoms with van der Waals surface area (Å²) in [6.45, 7) is 6.92. The Labute approximate surface area is 229 Å². The zero-order valence-electron chi connectivity index (χ0n) is 22.1. The van der Waals surface area contributed by atoms with E-state index in [-0.39, 0.29) is 12.7 Å². The van der Waals surface area contributed by atoms with E-state index < -0.39 is 30.6 Å². The van der Waals surface area contributed by atoms with Gasteiger partial charge in [-0.05, 0) is 29.1 Å². The van der Waals surface area contributed by atoms with Gasteiger partial charge in [-0.2, -0.15) is 0 Å². The van der Waals surface area contributed by atoms with Gasteiger partial charge in [0.05, 0.1) is 32.5 Å². The molecular weight excluding hydrogens is 494 g/mol. The molecule has 0 unspecified atom stereocenters. The van der Waals surface area contributed by atoms with E-state index in [4.69, 9.17) is 23.7 Å². The van der Waals surface area contributed by atoms with E-state index >= 15 is 0 Å². The summed E-state index contributed by atoms with van der Waals surface area (Å²) in [4.78, 5) is 3.10. The van der Waals surface area contributed by atoms with Crippen LogP contribution in [0.25, 0.3) is 10.4 Å². The van der Waals surface area contributed by atoms with Gasteiger partial charge in [-0.3, -0.25) is 0 Å². The van der Waals surface area contributed by atoms with Crippen molar-refractivity contribution in [2.75, 3.05) is 6.61 Å². The maximum absolute atomic E-state index is 9.46. The Kier molecular flexibility index (Phi) is 11.1. The number of rotatable bonds is 14. The molecule has 204 valence electrons. The first kappa shape index (κ1) is 28.5. The van der Waals surface area contributed by atoms with Crippen LogP contribution in [-0.2, 0) is 43.5 Å². The molecule has 1 heterocycles. The molecule has 0 amide bonds. The smallest absolute Gasteiger partial charge is 0.170 e. The molecule has 0 radical (unpaired) electrons. The minimum absolute atomic E-state index is 0.227. The van der Waals surface area contributed by atoms with Gasteiger partial charge < -0.3 is 23.7 Å². The van der Waals surface area contributed by atoms with Crippen molar-refractivity contribution >= 4 is 0 Å². The van der Waals surface area contributed by atoms with Crippen molar-refractivity contribution in [3.8, 4) is 0 Å². The topological polar surface area (TPSA) is 94.9 Å². The van der Waals surface area contributed by atoms with Crippen molar-refractivity contribution in [1.82, 2.24) is 0 Å². The summed E-state index contributed by atoms with van der Waals surface area (Å²) in [6, 6.07) is 28.8. The van der Waals surface area contributed by atoms with E-state index in [1.165, 1.54) is 0 Å². The SMILES string of the molecule is C=C[C@H](C)O[C@@H]1O[C@H](COCc2ccccc2)[C@H](OCc2ccccc2)[C@H](OCc2ccccc2)[C@H]1N=[N+]=[N-]. The van der Waals surface area contributed by atoms with Crippen molar-refractivity contribution in [2.24, 2.45) is 5.11 Å². The van der Waals surface area contributed by atoms with Gasteiger partial charge in [-0.25, -0.2) is 0 Å². The summed E-state index contributed by atoms with van der Waals surface area (Å²) in [5.41, 5.74) is 12.5. The van der Waals surface area contributed by atoms with Gasteiger partial charge in [0.25, 0.3) is 0 Å². The van der Waals surface area contributed by atoms with Crippen LogP contribution in [0.5, 0.6) is 0 Å². The van der Waals surface area contributed by atoms with Crippen LogP contribution in [0.4, 0.5) is 0 Å². The van der Waals surface area contributed by atoms with Gasteiger partial charge in [-0.15, -0.1) is 6.58 Å². The van der Waals surface area contributed by atoms with Gasteiger partial charge in [0.1, 0.15) is 24.4 Å². The predicted molar refractivity (Wildman–Crippen MR) is 148 cm³/mol. The summed E-state index contributed by atoms with van der Waals surface area (Å²) in [5.74, 6) is 0. The number of benzene rings is 3. The van der Waals surface area contributed by atoms with Crippen LogP contribution in [-0.4, -0.2) is 43.4 Å². The van der Waals surface area contributed by atoms with Crippen molar-refractivity contribution in [3.63, 3.8) is 0 Å². The molecule has 4 rings (SSSR count). The van der Waals surface area contributed by atoms with Crippen LogP contribution in [0.2, 0.25) is 0 Å². The second kappa shape index (κ2) is 15.2. The second-order valence-electron chi connectivity index (χ2n) is 9.34. The standard InChI is InChI=1S/C31H35N3O5/c1-3-23(2)38-31-28(33-34-32)30(37-21-26-17-11-6-12-18-26)29(36-20-25-15-9-5-10-16-25)27(39-31)22-35-19-24-13-7-4-8-14-24/h3-18,23,27-31H,1,19-22H2,2H3/t23-,27+,28+,29-,30+,31+/m0/s1. The lowest BCUT2D eigenvalue weighted by Crippen LogP contribution is -2.60. The normalized spacial score (nSPS) is 23.5. The van der Waals surface area contributed by atoms with E-state index in [0.717, 1.165) is 16.7 Å². The molecule has 0 aliphatic carbocycles. The van der Waals surface area contributed by atoms with Crippen molar-refractivity contribution in [1.29, 1.82) is 0 Å². The first-order valence-electron chi connectivity index (χ1n) is 13.1. The van der Waals surface area contributed by atoms with Gasteiger partial charge in [0.15, 0.2) is 6.29 Å². The Morgan fingerprint density at radius 2 is 1.36 bits per heavy atom. The van der Waals surface area contributed by atoms with E-state index in [0.29, 0.717) is 19.8 Å². The number of azide groups is 1. The van der Waals surface area contributed by atoms with E-state index in [1.807, 2.05) is 97.9 Å². The monoisotopic (exact) mass is 529 g/mol. The largest absolute Gasteiger partial charge is 0.374 e. The molecular formula is C31H35N3O5. The third kappa shape index (κ3) is 8.50. The Bertz CT molecular complexity index is 1170. The van der Waals surface area contributed by atoms with Crippen LogP contribution in [0.15, 0.2) is 109 Å². The molecule has 0 saturated carbocycles. The highest BCUT2D eigenvalue weighted by molar-refractivity contribution is 5.15. The molecule has 8 heteroatoms. The number of hydrogen-bond acceptors (Lipinski definition) is 6. The average Bonchev–Trinajstić information content (AvgIpc) is 2.98. The van der Waals surface area contributed by atoms with Gasteiger partial charge in [0, 0.05) is 4.91 Å². The highest BCUT2D eigenvalue weighted by atomic mass is 16.7. The fourth-order valence-corrected chi connectivity index (χ4v) is 4.38. The summed E-state index contributed by atoms with van der Waals surface area (Å²) in [6.07, 6.45) is -1.37. The average molecular weight is 530 g/mol. The number of hydrogen-bond donors (Lipinski definition) is 0. The van der Waals surface area contributed by atoms with Crippen molar-refractivity contribution in [3.05, 3.63) is 131 Å². The summed E-state index contributed by atoms with van der Waals surface area (Å²) in [7, 11) is 0. The Morgan fingerprint density at radius 3 is 1.87 bits per heavy atom. The second-order valence-corrected chi connectivity index (χ2v) is 9.34. The lowest BCUT2D eigenvalue weighted by molar-refractivity contribution is -0.291. The van der Waals surface area contributed by atoms with Crippen LogP contribution < -0.4 is 0 Å². The van der Waals surface area contributed by atoms with E-state index in [2.05, 4.69) is 16.6 Å². The third-order valence-electron chi connectivity index (χ3n) is 6.44. The van der Waals surface area contributed by atoms with E-state index in [1.54, 1.807) is 6.08 Å². The van der Waals surface area contributed by atoms with Gasteiger partial charge >= 0.3 is 0 Å². The van der Waals surface area contributed by atoms with Crippen LogP contribution in [0, 0.1) is 0 Å². The maximum Gasteiger partial charge on any atom is 0.170 e.